The van der Waals surface area contributed by atoms with Gasteiger partial charge in [-0.25, -0.2) is 0 Å². The highest BCUT2D eigenvalue weighted by atomic mass is 16.3. The van der Waals surface area contributed by atoms with Gasteiger partial charge in [-0.1, -0.05) is 27.2 Å². The predicted octanol–water partition coefficient (Wildman–Crippen LogP) is 0.177. The molecule has 0 aromatic heterocycles. The Morgan fingerprint density at radius 2 is 1.90 bits per heavy atom. The van der Waals surface area contributed by atoms with E-state index >= 15 is 0 Å². The van der Waals surface area contributed by atoms with Gasteiger partial charge in [-0.15, -0.1) is 0 Å². The summed E-state index contributed by atoms with van der Waals surface area (Å²) in [4.78, 5) is 23.2. The van der Waals surface area contributed by atoms with Crippen LogP contribution >= 0.6 is 0 Å². The van der Waals surface area contributed by atoms with Crippen LogP contribution in [0.1, 0.15) is 47.0 Å². The number of nitrogens with one attached hydrogen (secondary N) is 2. The van der Waals surface area contributed by atoms with Crippen LogP contribution in [0.2, 0.25) is 0 Å². The fourth-order valence-electron chi connectivity index (χ4n) is 1.69. The van der Waals surface area contributed by atoms with Crippen molar-refractivity contribution in [1.82, 2.24) is 10.6 Å². The molecule has 0 rings (SSSR count). The van der Waals surface area contributed by atoms with Gasteiger partial charge in [-0.2, -0.15) is 0 Å². The van der Waals surface area contributed by atoms with Gasteiger partial charge in [-0.05, 0) is 13.3 Å². The van der Waals surface area contributed by atoms with Gasteiger partial charge in [0.05, 0.1) is 6.61 Å². The number of hydrogen-bond acceptors (Lipinski definition) is 4. The highest BCUT2D eigenvalue weighted by Gasteiger charge is 2.32. The SMILES string of the molecule is CCCC(C)NC(=O)CCNC(=O)[C@H](O)C(C)(C)CO. The van der Waals surface area contributed by atoms with E-state index in [1.165, 1.54) is 0 Å². The average molecular weight is 288 g/mol. The van der Waals surface area contributed by atoms with E-state index in [9.17, 15) is 14.7 Å². The van der Waals surface area contributed by atoms with Crippen molar-refractivity contribution in [2.75, 3.05) is 13.2 Å². The van der Waals surface area contributed by atoms with E-state index in [2.05, 4.69) is 10.6 Å². The van der Waals surface area contributed by atoms with Crippen molar-refractivity contribution in [3.8, 4) is 0 Å². The van der Waals surface area contributed by atoms with E-state index in [1.807, 2.05) is 13.8 Å². The Labute approximate surface area is 120 Å². The van der Waals surface area contributed by atoms with Crippen LogP contribution in [0.25, 0.3) is 0 Å². The van der Waals surface area contributed by atoms with E-state index < -0.39 is 17.4 Å². The molecule has 0 saturated carbocycles. The molecule has 0 aliphatic rings. The monoisotopic (exact) mass is 288 g/mol. The molecule has 0 fully saturated rings. The van der Waals surface area contributed by atoms with Crippen LogP contribution < -0.4 is 10.6 Å². The molecule has 0 bridgehead atoms. The van der Waals surface area contributed by atoms with Gasteiger partial charge in [0.1, 0.15) is 6.10 Å². The number of carbonyl (C=O) groups excluding carboxylic acids is 2. The topological polar surface area (TPSA) is 98.7 Å². The van der Waals surface area contributed by atoms with Crippen molar-refractivity contribution >= 4 is 11.8 Å². The maximum atomic E-state index is 11.7. The maximum absolute atomic E-state index is 11.7. The van der Waals surface area contributed by atoms with Gasteiger partial charge in [0, 0.05) is 24.4 Å². The van der Waals surface area contributed by atoms with Crippen molar-refractivity contribution < 1.29 is 19.8 Å². The standard InChI is InChI=1S/C14H28N2O4/c1-5-6-10(2)16-11(18)7-8-15-13(20)12(19)14(3,4)9-17/h10,12,17,19H,5-9H2,1-4H3,(H,15,20)(H,16,18)/t10?,12-/m0/s1. The number of aliphatic hydroxyl groups is 2. The normalized spacial score (nSPS) is 14.5. The van der Waals surface area contributed by atoms with Crippen LogP contribution in [0.3, 0.4) is 0 Å². The third kappa shape index (κ3) is 6.86. The van der Waals surface area contributed by atoms with Gasteiger partial charge < -0.3 is 20.8 Å². The second-order valence-electron chi connectivity index (χ2n) is 5.85. The number of carbonyl (C=O) groups is 2. The molecule has 4 N–H and O–H groups in total. The van der Waals surface area contributed by atoms with Crippen molar-refractivity contribution in [3.05, 3.63) is 0 Å². The first kappa shape index (κ1) is 18.9. The summed E-state index contributed by atoms with van der Waals surface area (Å²) in [5.41, 5.74) is -0.901. The summed E-state index contributed by atoms with van der Waals surface area (Å²) in [6, 6.07) is 0.127. The first-order valence-corrected chi connectivity index (χ1v) is 7.10. The lowest BCUT2D eigenvalue weighted by molar-refractivity contribution is -0.137. The van der Waals surface area contributed by atoms with E-state index in [0.29, 0.717) is 0 Å². The van der Waals surface area contributed by atoms with Crippen molar-refractivity contribution in [2.24, 2.45) is 5.41 Å². The lowest BCUT2D eigenvalue weighted by atomic mass is 9.87. The van der Waals surface area contributed by atoms with Crippen molar-refractivity contribution in [3.63, 3.8) is 0 Å². The Kier molecular flexibility index (Phi) is 8.41. The summed E-state index contributed by atoms with van der Waals surface area (Å²) in [6.45, 7) is 7.05. The minimum absolute atomic E-state index is 0.123. The molecule has 0 aromatic carbocycles. The Hall–Kier alpha value is -1.14. The molecule has 0 heterocycles. The molecule has 1 unspecified atom stereocenters. The minimum Gasteiger partial charge on any atom is -0.396 e. The number of amides is 2. The third-order valence-electron chi connectivity index (χ3n) is 3.18. The number of aliphatic hydroxyl groups excluding tert-OH is 2. The Bertz CT molecular complexity index is 318. The van der Waals surface area contributed by atoms with E-state index in [-0.39, 0.29) is 31.5 Å². The average Bonchev–Trinajstić information content (AvgIpc) is 2.37. The molecule has 6 nitrogen and oxygen atoms in total. The molecule has 0 aliphatic heterocycles. The van der Waals surface area contributed by atoms with Gasteiger partial charge in [0.15, 0.2) is 0 Å². The highest BCUT2D eigenvalue weighted by molar-refractivity contribution is 5.82. The molecule has 2 amide bonds. The molecule has 0 aromatic rings. The zero-order valence-electron chi connectivity index (χ0n) is 12.9. The van der Waals surface area contributed by atoms with E-state index in [0.717, 1.165) is 12.8 Å². The summed E-state index contributed by atoms with van der Waals surface area (Å²) in [6.07, 6.45) is 0.795. The summed E-state index contributed by atoms with van der Waals surface area (Å²) < 4.78 is 0. The van der Waals surface area contributed by atoms with Crippen LogP contribution in [0, 0.1) is 5.41 Å². The Balaban J connectivity index is 4.00. The summed E-state index contributed by atoms with van der Waals surface area (Å²) in [5, 5.41) is 24.2. The zero-order valence-corrected chi connectivity index (χ0v) is 12.9. The maximum Gasteiger partial charge on any atom is 0.249 e. The molecule has 0 spiro atoms. The first-order valence-electron chi connectivity index (χ1n) is 7.10. The molecular formula is C14H28N2O4. The molecule has 20 heavy (non-hydrogen) atoms. The lowest BCUT2D eigenvalue weighted by Crippen LogP contribution is -2.46. The van der Waals surface area contributed by atoms with Gasteiger partial charge in [0.25, 0.3) is 0 Å². The van der Waals surface area contributed by atoms with Gasteiger partial charge in [0.2, 0.25) is 11.8 Å². The second-order valence-corrected chi connectivity index (χ2v) is 5.85. The van der Waals surface area contributed by atoms with E-state index in [4.69, 9.17) is 5.11 Å². The molecule has 0 saturated heterocycles. The first-order chi connectivity index (χ1) is 9.24. The van der Waals surface area contributed by atoms with Crippen molar-refractivity contribution in [1.29, 1.82) is 0 Å². The Morgan fingerprint density at radius 1 is 1.30 bits per heavy atom. The van der Waals surface area contributed by atoms with Crippen LogP contribution in [0.15, 0.2) is 0 Å². The molecule has 2 atom stereocenters. The fraction of sp³-hybridized carbons (Fsp3) is 0.857. The summed E-state index contributed by atoms with van der Waals surface area (Å²) >= 11 is 0. The summed E-state index contributed by atoms with van der Waals surface area (Å²) in [5.74, 6) is -0.694. The highest BCUT2D eigenvalue weighted by Crippen LogP contribution is 2.19. The molecule has 6 heteroatoms. The van der Waals surface area contributed by atoms with E-state index in [1.54, 1.807) is 13.8 Å². The number of rotatable bonds is 9. The molecule has 118 valence electrons. The molecule has 0 aliphatic carbocycles. The Morgan fingerprint density at radius 3 is 2.40 bits per heavy atom. The third-order valence-corrected chi connectivity index (χ3v) is 3.18. The van der Waals surface area contributed by atoms with Crippen LogP contribution in [0.5, 0.6) is 0 Å². The molecular weight excluding hydrogens is 260 g/mol. The quantitative estimate of drug-likeness (QED) is 0.486. The van der Waals surface area contributed by atoms with Crippen LogP contribution in [0.4, 0.5) is 0 Å². The second kappa shape index (κ2) is 8.92. The molecule has 0 radical (unpaired) electrons. The smallest absolute Gasteiger partial charge is 0.249 e. The fourth-order valence-corrected chi connectivity index (χ4v) is 1.69. The van der Waals surface area contributed by atoms with Crippen LogP contribution in [-0.2, 0) is 9.59 Å². The predicted molar refractivity (Wildman–Crippen MR) is 77.0 cm³/mol. The van der Waals surface area contributed by atoms with Gasteiger partial charge >= 0.3 is 0 Å². The minimum atomic E-state index is -1.30. The van der Waals surface area contributed by atoms with Crippen molar-refractivity contribution in [2.45, 2.75) is 59.1 Å². The zero-order chi connectivity index (χ0) is 15.8. The summed E-state index contributed by atoms with van der Waals surface area (Å²) in [7, 11) is 0. The lowest BCUT2D eigenvalue weighted by Gasteiger charge is -2.27. The largest absolute Gasteiger partial charge is 0.396 e. The number of hydrogen-bond donors (Lipinski definition) is 4. The van der Waals surface area contributed by atoms with Gasteiger partial charge in [-0.3, -0.25) is 9.59 Å². The van der Waals surface area contributed by atoms with Crippen LogP contribution in [-0.4, -0.2) is 47.3 Å².